The van der Waals surface area contributed by atoms with Crippen LogP contribution in [0.4, 0.5) is 4.39 Å². The van der Waals surface area contributed by atoms with Gasteiger partial charge in [-0.1, -0.05) is 18.2 Å². The number of aromatic nitrogens is 4. The van der Waals surface area contributed by atoms with E-state index in [2.05, 4.69) is 15.4 Å². The summed E-state index contributed by atoms with van der Waals surface area (Å²) < 4.78 is 16.9. The summed E-state index contributed by atoms with van der Waals surface area (Å²) in [6.07, 6.45) is 5.52. The lowest BCUT2D eigenvalue weighted by Gasteiger charge is -2.16. The van der Waals surface area contributed by atoms with E-state index in [1.165, 1.54) is 10.7 Å². The van der Waals surface area contributed by atoms with Crippen molar-refractivity contribution in [3.05, 3.63) is 81.5 Å². The third-order valence-electron chi connectivity index (χ3n) is 5.44. The van der Waals surface area contributed by atoms with E-state index in [0.29, 0.717) is 43.5 Å². The second-order valence-corrected chi connectivity index (χ2v) is 7.72. The molecule has 156 valence electrons. The number of hydrogen-bond acceptors (Lipinski definition) is 4. The van der Waals surface area contributed by atoms with Crippen LogP contribution in [0.3, 0.4) is 0 Å². The monoisotopic (exact) mass is 409 g/mol. The fourth-order valence-electron chi connectivity index (χ4n) is 3.75. The molecule has 7 nitrogen and oxygen atoms in total. The summed E-state index contributed by atoms with van der Waals surface area (Å²) in [5.41, 5.74) is 1.99. The molecule has 3 aromatic rings. The van der Waals surface area contributed by atoms with Crippen molar-refractivity contribution >= 4 is 5.91 Å². The van der Waals surface area contributed by atoms with Gasteiger partial charge in [0.25, 0.3) is 0 Å². The average molecular weight is 409 g/mol. The Labute approximate surface area is 173 Å². The van der Waals surface area contributed by atoms with Crippen molar-refractivity contribution in [2.24, 2.45) is 0 Å². The van der Waals surface area contributed by atoms with Crippen LogP contribution >= 0.6 is 0 Å². The number of rotatable bonds is 5. The number of aryl methyl sites for hydroxylation is 2. The maximum absolute atomic E-state index is 13.7. The third kappa shape index (κ3) is 4.48. The van der Waals surface area contributed by atoms with Crippen LogP contribution in [-0.4, -0.2) is 31.3 Å². The molecular formula is C22H24FN5O2. The van der Waals surface area contributed by atoms with Crippen molar-refractivity contribution in [3.63, 3.8) is 0 Å². The van der Waals surface area contributed by atoms with Crippen LogP contribution < -0.4 is 11.0 Å². The van der Waals surface area contributed by atoms with E-state index >= 15 is 0 Å². The zero-order chi connectivity index (χ0) is 21.1. The molecule has 2 aromatic heterocycles. The SMILES string of the molecule is Cc1ccc(CC(=O)NC2CCc3nn(Cc4cccnc4)c(=O)n3CC2)cc1F. The lowest BCUT2D eigenvalue weighted by molar-refractivity contribution is -0.121. The number of nitrogens with zero attached hydrogens (tertiary/aromatic N) is 4. The summed E-state index contributed by atoms with van der Waals surface area (Å²) >= 11 is 0. The van der Waals surface area contributed by atoms with Crippen molar-refractivity contribution in [2.75, 3.05) is 0 Å². The highest BCUT2D eigenvalue weighted by Crippen LogP contribution is 2.14. The van der Waals surface area contributed by atoms with E-state index in [9.17, 15) is 14.0 Å². The first kappa shape index (κ1) is 20.0. The molecule has 1 aliphatic heterocycles. The predicted octanol–water partition coefficient (Wildman–Crippen LogP) is 2.00. The van der Waals surface area contributed by atoms with Crippen molar-refractivity contribution in [3.8, 4) is 0 Å². The van der Waals surface area contributed by atoms with Gasteiger partial charge in [0.05, 0.1) is 13.0 Å². The first-order valence-corrected chi connectivity index (χ1v) is 10.1. The fraction of sp³-hybridized carbons (Fsp3) is 0.364. The van der Waals surface area contributed by atoms with Gasteiger partial charge in [-0.3, -0.25) is 14.3 Å². The first-order valence-electron chi connectivity index (χ1n) is 10.1. The Morgan fingerprint density at radius 2 is 2.13 bits per heavy atom. The van der Waals surface area contributed by atoms with Crippen LogP contribution in [0.15, 0.2) is 47.5 Å². The highest BCUT2D eigenvalue weighted by Gasteiger charge is 2.22. The van der Waals surface area contributed by atoms with Gasteiger partial charge in [-0.15, -0.1) is 0 Å². The van der Waals surface area contributed by atoms with E-state index in [4.69, 9.17) is 0 Å². The lowest BCUT2D eigenvalue weighted by Crippen LogP contribution is -2.36. The van der Waals surface area contributed by atoms with Gasteiger partial charge in [0, 0.05) is 31.4 Å². The Bertz CT molecular complexity index is 1110. The van der Waals surface area contributed by atoms with Gasteiger partial charge in [0.1, 0.15) is 11.6 Å². The highest BCUT2D eigenvalue weighted by molar-refractivity contribution is 5.78. The van der Waals surface area contributed by atoms with Crippen LogP contribution in [0.1, 0.15) is 35.4 Å². The number of hydrogen-bond donors (Lipinski definition) is 1. The molecule has 1 unspecified atom stereocenters. The number of fused-ring (bicyclic) bond motifs is 1. The zero-order valence-corrected chi connectivity index (χ0v) is 16.8. The molecule has 1 aromatic carbocycles. The van der Waals surface area contributed by atoms with Crippen molar-refractivity contribution in [2.45, 2.75) is 51.7 Å². The second-order valence-electron chi connectivity index (χ2n) is 7.72. The Morgan fingerprint density at radius 1 is 1.27 bits per heavy atom. The van der Waals surface area contributed by atoms with Crippen molar-refractivity contribution in [1.82, 2.24) is 24.6 Å². The number of nitrogens with one attached hydrogen (secondary N) is 1. The largest absolute Gasteiger partial charge is 0.353 e. The smallest absolute Gasteiger partial charge is 0.346 e. The van der Waals surface area contributed by atoms with Gasteiger partial charge in [0.2, 0.25) is 5.91 Å². The third-order valence-corrected chi connectivity index (χ3v) is 5.44. The summed E-state index contributed by atoms with van der Waals surface area (Å²) in [4.78, 5) is 29.2. The van der Waals surface area contributed by atoms with Gasteiger partial charge in [-0.2, -0.15) is 5.10 Å². The zero-order valence-electron chi connectivity index (χ0n) is 16.8. The summed E-state index contributed by atoms with van der Waals surface area (Å²) in [5.74, 6) is 0.292. The van der Waals surface area contributed by atoms with Crippen LogP contribution in [0, 0.1) is 12.7 Å². The molecule has 0 bridgehead atoms. The van der Waals surface area contributed by atoms with E-state index < -0.39 is 0 Å². The van der Waals surface area contributed by atoms with E-state index in [1.54, 1.807) is 36.0 Å². The molecule has 0 fully saturated rings. The van der Waals surface area contributed by atoms with Crippen LogP contribution in [0.2, 0.25) is 0 Å². The molecule has 30 heavy (non-hydrogen) atoms. The minimum absolute atomic E-state index is 0.0410. The molecule has 8 heteroatoms. The van der Waals surface area contributed by atoms with Crippen molar-refractivity contribution in [1.29, 1.82) is 0 Å². The van der Waals surface area contributed by atoms with Crippen LogP contribution in [-0.2, 0) is 30.7 Å². The first-order chi connectivity index (χ1) is 14.5. The lowest BCUT2D eigenvalue weighted by atomic mass is 10.1. The molecule has 1 amide bonds. The van der Waals surface area contributed by atoms with Gasteiger partial charge >= 0.3 is 5.69 Å². The molecule has 0 saturated carbocycles. The number of carbonyl (C=O) groups is 1. The molecule has 0 radical (unpaired) electrons. The van der Waals surface area contributed by atoms with Gasteiger partial charge in [-0.25, -0.2) is 13.9 Å². The standard InChI is InChI=1S/C22H24FN5O2/c1-15-4-5-16(11-19(15)23)12-21(29)25-18-6-7-20-26-28(22(30)27(20)10-8-18)14-17-3-2-9-24-13-17/h2-5,9,11,13,18H,6-8,10,12,14H2,1H3,(H,25,29). The number of halogens is 1. The molecule has 0 spiro atoms. The topological polar surface area (TPSA) is 81.8 Å². The summed E-state index contributed by atoms with van der Waals surface area (Å²) in [7, 11) is 0. The Morgan fingerprint density at radius 3 is 2.90 bits per heavy atom. The van der Waals surface area contributed by atoms with Gasteiger partial charge in [-0.05, 0) is 48.6 Å². The molecule has 1 N–H and O–H groups in total. The summed E-state index contributed by atoms with van der Waals surface area (Å²) in [5, 5.41) is 7.51. The molecule has 0 saturated heterocycles. The predicted molar refractivity (Wildman–Crippen MR) is 110 cm³/mol. The number of amides is 1. The molecule has 3 heterocycles. The molecular weight excluding hydrogens is 385 g/mol. The average Bonchev–Trinajstić information content (AvgIpc) is 2.89. The van der Waals surface area contributed by atoms with Crippen LogP contribution in [0.25, 0.3) is 0 Å². The molecule has 1 aliphatic rings. The van der Waals surface area contributed by atoms with Crippen molar-refractivity contribution < 1.29 is 9.18 Å². The minimum atomic E-state index is -0.303. The highest BCUT2D eigenvalue weighted by atomic mass is 19.1. The Hall–Kier alpha value is -3.29. The minimum Gasteiger partial charge on any atom is -0.353 e. The maximum atomic E-state index is 13.7. The molecule has 4 rings (SSSR count). The second kappa shape index (κ2) is 8.61. The Kier molecular flexibility index (Phi) is 5.74. The molecule has 0 aliphatic carbocycles. The van der Waals surface area contributed by atoms with Crippen LogP contribution in [0.5, 0.6) is 0 Å². The number of benzene rings is 1. The summed E-state index contributed by atoms with van der Waals surface area (Å²) in [6.45, 7) is 2.59. The van der Waals surface area contributed by atoms with Gasteiger partial charge in [0.15, 0.2) is 0 Å². The summed E-state index contributed by atoms with van der Waals surface area (Å²) in [6, 6.07) is 8.56. The number of carbonyl (C=O) groups excluding carboxylic acids is 1. The fourth-order valence-corrected chi connectivity index (χ4v) is 3.75. The maximum Gasteiger partial charge on any atom is 0.346 e. The normalized spacial score (nSPS) is 16.0. The quantitative estimate of drug-likeness (QED) is 0.699. The molecule has 1 atom stereocenters. The van der Waals surface area contributed by atoms with E-state index in [1.807, 2.05) is 12.1 Å². The number of pyridine rings is 1. The van der Waals surface area contributed by atoms with E-state index in [-0.39, 0.29) is 29.9 Å². The Balaban J connectivity index is 1.37. The van der Waals surface area contributed by atoms with E-state index in [0.717, 1.165) is 11.4 Å². The van der Waals surface area contributed by atoms with Gasteiger partial charge < -0.3 is 5.32 Å².